The Balaban J connectivity index is 1.97. The van der Waals surface area contributed by atoms with Crippen LogP contribution in [0.4, 0.5) is 0 Å². The average molecular weight is 296 g/mol. The standard InChI is InChI=1S/C17H16N2OS/c1-12-7-9-13(10-8-12)15-11-21-19-17(18-15)14-5-3-4-6-16(14)20-2/h3-11H,1-2H3,(H,18,19). The summed E-state index contributed by atoms with van der Waals surface area (Å²) in [7, 11) is 1.67. The fourth-order valence-electron chi connectivity index (χ4n) is 2.12. The van der Waals surface area contributed by atoms with Crippen molar-refractivity contribution in [2.24, 2.45) is 4.99 Å². The van der Waals surface area contributed by atoms with Gasteiger partial charge in [-0.05, 0) is 31.0 Å². The molecule has 0 unspecified atom stereocenters. The average Bonchev–Trinajstić information content (AvgIpc) is 2.55. The number of ether oxygens (including phenoxy) is 1. The van der Waals surface area contributed by atoms with Gasteiger partial charge in [0.05, 0.1) is 18.4 Å². The van der Waals surface area contributed by atoms with Gasteiger partial charge in [-0.2, -0.15) is 0 Å². The number of methoxy groups -OCH3 is 1. The van der Waals surface area contributed by atoms with Gasteiger partial charge in [-0.15, -0.1) is 0 Å². The molecule has 2 aromatic carbocycles. The molecule has 2 aromatic rings. The van der Waals surface area contributed by atoms with Crippen LogP contribution in [-0.2, 0) is 0 Å². The highest BCUT2D eigenvalue weighted by atomic mass is 32.2. The minimum Gasteiger partial charge on any atom is -0.496 e. The number of hydrogen-bond acceptors (Lipinski definition) is 4. The smallest absolute Gasteiger partial charge is 0.147 e. The van der Waals surface area contributed by atoms with Crippen molar-refractivity contribution in [1.82, 2.24) is 4.72 Å². The van der Waals surface area contributed by atoms with Crippen LogP contribution in [0.5, 0.6) is 5.75 Å². The van der Waals surface area contributed by atoms with Crippen LogP contribution in [0, 0.1) is 6.92 Å². The number of nitrogens with one attached hydrogen (secondary N) is 1. The number of aliphatic imine (C=N–C) groups is 1. The van der Waals surface area contributed by atoms with E-state index in [0.29, 0.717) is 0 Å². The molecule has 0 spiro atoms. The minimum atomic E-state index is 0.814. The minimum absolute atomic E-state index is 0.814. The molecule has 0 aromatic heterocycles. The van der Waals surface area contributed by atoms with E-state index in [0.717, 1.165) is 28.4 Å². The van der Waals surface area contributed by atoms with E-state index in [1.165, 1.54) is 17.5 Å². The Morgan fingerprint density at radius 1 is 1.05 bits per heavy atom. The molecule has 1 aliphatic heterocycles. The van der Waals surface area contributed by atoms with Crippen LogP contribution in [0.1, 0.15) is 16.7 Å². The molecule has 0 fully saturated rings. The van der Waals surface area contributed by atoms with Gasteiger partial charge in [-0.1, -0.05) is 42.0 Å². The molecular weight excluding hydrogens is 280 g/mol. The summed E-state index contributed by atoms with van der Waals surface area (Å²) in [6.45, 7) is 2.08. The van der Waals surface area contributed by atoms with E-state index in [4.69, 9.17) is 9.73 Å². The van der Waals surface area contributed by atoms with E-state index < -0.39 is 0 Å². The zero-order chi connectivity index (χ0) is 14.7. The Morgan fingerprint density at radius 3 is 2.57 bits per heavy atom. The number of para-hydroxylation sites is 1. The van der Waals surface area contributed by atoms with Crippen LogP contribution in [0.2, 0.25) is 0 Å². The molecule has 1 heterocycles. The molecule has 0 aliphatic carbocycles. The summed E-state index contributed by atoms with van der Waals surface area (Å²) in [5.41, 5.74) is 4.28. The second kappa shape index (κ2) is 6.06. The lowest BCUT2D eigenvalue weighted by molar-refractivity contribution is 0.414. The van der Waals surface area contributed by atoms with E-state index in [1.54, 1.807) is 7.11 Å². The van der Waals surface area contributed by atoms with Gasteiger partial charge in [0.2, 0.25) is 0 Å². The molecule has 21 heavy (non-hydrogen) atoms. The lowest BCUT2D eigenvalue weighted by Gasteiger charge is -2.16. The van der Waals surface area contributed by atoms with E-state index in [2.05, 4.69) is 35.9 Å². The van der Waals surface area contributed by atoms with Crippen molar-refractivity contribution in [1.29, 1.82) is 0 Å². The summed E-state index contributed by atoms with van der Waals surface area (Å²) < 4.78 is 8.64. The SMILES string of the molecule is COc1ccccc1C1=NC(c2ccc(C)cc2)=CSN1. The second-order valence-corrected chi connectivity index (χ2v) is 5.43. The molecule has 0 atom stereocenters. The molecule has 3 rings (SSSR count). The first-order valence-electron chi connectivity index (χ1n) is 6.69. The first kappa shape index (κ1) is 13.8. The topological polar surface area (TPSA) is 33.6 Å². The molecule has 106 valence electrons. The zero-order valence-corrected chi connectivity index (χ0v) is 12.8. The second-order valence-electron chi connectivity index (χ2n) is 4.75. The third-order valence-electron chi connectivity index (χ3n) is 3.27. The summed E-state index contributed by atoms with van der Waals surface area (Å²) in [4.78, 5) is 4.73. The molecule has 4 heteroatoms. The highest BCUT2D eigenvalue weighted by Gasteiger charge is 2.14. The van der Waals surface area contributed by atoms with Crippen molar-refractivity contribution in [2.45, 2.75) is 6.92 Å². The van der Waals surface area contributed by atoms with Crippen LogP contribution in [0.15, 0.2) is 58.9 Å². The van der Waals surface area contributed by atoms with Crippen molar-refractivity contribution in [2.75, 3.05) is 7.11 Å². The fraction of sp³-hybridized carbons (Fsp3) is 0.118. The van der Waals surface area contributed by atoms with Gasteiger partial charge in [0.15, 0.2) is 0 Å². The van der Waals surface area contributed by atoms with Crippen molar-refractivity contribution >= 4 is 23.5 Å². The van der Waals surface area contributed by atoms with Gasteiger partial charge in [-0.3, -0.25) is 0 Å². The predicted molar refractivity (Wildman–Crippen MR) is 89.4 cm³/mol. The first-order valence-corrected chi connectivity index (χ1v) is 7.57. The third kappa shape index (κ3) is 2.95. The largest absolute Gasteiger partial charge is 0.496 e. The summed E-state index contributed by atoms with van der Waals surface area (Å²) in [6, 6.07) is 16.3. The molecule has 0 bridgehead atoms. The monoisotopic (exact) mass is 296 g/mol. The maximum atomic E-state index is 5.41. The van der Waals surface area contributed by atoms with Crippen LogP contribution in [0.3, 0.4) is 0 Å². The van der Waals surface area contributed by atoms with Crippen LogP contribution < -0.4 is 9.46 Å². The third-order valence-corrected chi connectivity index (χ3v) is 3.92. The highest BCUT2D eigenvalue weighted by Crippen LogP contribution is 2.27. The van der Waals surface area contributed by atoms with Gasteiger partial charge < -0.3 is 9.46 Å². The van der Waals surface area contributed by atoms with Crippen molar-refractivity contribution in [3.63, 3.8) is 0 Å². The van der Waals surface area contributed by atoms with Crippen molar-refractivity contribution in [3.8, 4) is 5.75 Å². The molecule has 0 radical (unpaired) electrons. The Labute approximate surface area is 128 Å². The van der Waals surface area contributed by atoms with Gasteiger partial charge in [0, 0.05) is 11.0 Å². The van der Waals surface area contributed by atoms with E-state index in [1.807, 2.05) is 29.7 Å². The number of hydrogen-bond donors (Lipinski definition) is 1. The van der Waals surface area contributed by atoms with Gasteiger partial charge in [0.25, 0.3) is 0 Å². The number of rotatable bonds is 3. The van der Waals surface area contributed by atoms with Gasteiger partial charge in [-0.25, -0.2) is 4.99 Å². The molecule has 1 aliphatic rings. The summed E-state index contributed by atoms with van der Waals surface area (Å²) in [6.07, 6.45) is 0. The van der Waals surface area contributed by atoms with E-state index >= 15 is 0 Å². The zero-order valence-electron chi connectivity index (χ0n) is 12.0. The van der Waals surface area contributed by atoms with Gasteiger partial charge >= 0.3 is 0 Å². The maximum absolute atomic E-state index is 5.41. The van der Waals surface area contributed by atoms with E-state index in [9.17, 15) is 0 Å². The molecule has 0 saturated heterocycles. The molecule has 0 amide bonds. The predicted octanol–water partition coefficient (Wildman–Crippen LogP) is 4.00. The van der Waals surface area contributed by atoms with E-state index in [-0.39, 0.29) is 0 Å². The molecule has 1 N–H and O–H groups in total. The Hall–Kier alpha value is -2.20. The first-order chi connectivity index (χ1) is 10.3. The Bertz CT molecular complexity index is 705. The summed E-state index contributed by atoms with van der Waals surface area (Å²) >= 11 is 1.53. The summed E-state index contributed by atoms with van der Waals surface area (Å²) in [5.74, 6) is 1.63. The molecular formula is C17H16N2OS. The fourth-order valence-corrected chi connectivity index (χ4v) is 2.75. The van der Waals surface area contributed by atoms with Crippen molar-refractivity contribution in [3.05, 3.63) is 70.6 Å². The molecule has 3 nitrogen and oxygen atoms in total. The van der Waals surface area contributed by atoms with Crippen LogP contribution in [0.25, 0.3) is 5.70 Å². The normalized spacial score (nSPS) is 14.0. The Kier molecular flexibility index (Phi) is 3.97. The Morgan fingerprint density at radius 2 is 1.81 bits per heavy atom. The van der Waals surface area contributed by atoms with Crippen molar-refractivity contribution < 1.29 is 4.74 Å². The molecule has 0 saturated carbocycles. The van der Waals surface area contributed by atoms with Crippen LogP contribution in [-0.4, -0.2) is 12.9 Å². The lowest BCUT2D eigenvalue weighted by Crippen LogP contribution is -2.20. The quantitative estimate of drug-likeness (QED) is 0.869. The number of aryl methyl sites for hydroxylation is 1. The number of nitrogens with zero attached hydrogens (tertiary/aromatic N) is 1. The maximum Gasteiger partial charge on any atom is 0.147 e. The number of benzene rings is 2. The lowest BCUT2D eigenvalue weighted by atomic mass is 10.1. The number of amidine groups is 1. The summed E-state index contributed by atoms with van der Waals surface area (Å²) in [5, 5.41) is 2.02. The van der Waals surface area contributed by atoms with Gasteiger partial charge in [0.1, 0.15) is 11.6 Å². The highest BCUT2D eigenvalue weighted by molar-refractivity contribution is 8.01. The van der Waals surface area contributed by atoms with Crippen LogP contribution >= 0.6 is 11.9 Å².